The first-order valence-electron chi connectivity index (χ1n) is 7.84. The van der Waals surface area contributed by atoms with E-state index in [4.69, 9.17) is 5.41 Å². The molecule has 3 rings (SSSR count). The molecule has 0 amide bonds. The lowest BCUT2D eigenvalue weighted by Gasteiger charge is -2.08. The van der Waals surface area contributed by atoms with Crippen molar-refractivity contribution in [1.29, 1.82) is 5.41 Å². The predicted octanol–water partition coefficient (Wildman–Crippen LogP) is 4.35. The third kappa shape index (κ3) is 3.58. The first-order valence-corrected chi connectivity index (χ1v) is 7.84. The second-order valence-corrected chi connectivity index (χ2v) is 5.37. The second-order valence-electron chi connectivity index (χ2n) is 5.37. The molecule has 0 radical (unpaired) electrons. The van der Waals surface area contributed by atoms with Crippen molar-refractivity contribution in [2.75, 3.05) is 7.05 Å². The molecule has 24 heavy (non-hydrogen) atoms. The Morgan fingerprint density at radius 1 is 0.750 bits per heavy atom. The lowest BCUT2D eigenvalue weighted by molar-refractivity contribution is 1.16. The van der Waals surface area contributed by atoms with Gasteiger partial charge in [-0.05, 0) is 17.2 Å². The molecule has 3 aromatic carbocycles. The molecule has 0 saturated carbocycles. The van der Waals surface area contributed by atoms with E-state index in [1.54, 1.807) is 0 Å². The molecular weight excluding hydrogens is 294 g/mol. The SMILES string of the molecule is CN/C(=N\C(=N)c1cccc(-c2ccccc2)c1)c1ccccc1. The molecule has 0 aromatic heterocycles. The van der Waals surface area contributed by atoms with E-state index in [0.717, 1.165) is 22.3 Å². The molecule has 2 N–H and O–H groups in total. The molecule has 0 aliphatic carbocycles. The quantitative estimate of drug-likeness (QED) is 0.548. The lowest BCUT2D eigenvalue weighted by atomic mass is 10.0. The Labute approximate surface area is 142 Å². The van der Waals surface area contributed by atoms with Crippen molar-refractivity contribution in [2.24, 2.45) is 4.99 Å². The van der Waals surface area contributed by atoms with Crippen molar-refractivity contribution in [2.45, 2.75) is 0 Å². The molecule has 3 heteroatoms. The highest BCUT2D eigenvalue weighted by molar-refractivity contribution is 6.10. The summed E-state index contributed by atoms with van der Waals surface area (Å²) in [5.41, 5.74) is 3.97. The third-order valence-corrected chi connectivity index (χ3v) is 3.75. The molecule has 0 spiro atoms. The number of rotatable bonds is 3. The number of benzene rings is 3. The third-order valence-electron chi connectivity index (χ3n) is 3.75. The number of amidine groups is 2. The van der Waals surface area contributed by atoms with E-state index >= 15 is 0 Å². The second kappa shape index (κ2) is 7.38. The minimum Gasteiger partial charge on any atom is -0.373 e. The Balaban J connectivity index is 1.91. The average molecular weight is 313 g/mol. The van der Waals surface area contributed by atoms with Gasteiger partial charge in [-0.3, -0.25) is 5.41 Å². The smallest absolute Gasteiger partial charge is 0.154 e. The Morgan fingerprint density at radius 2 is 1.33 bits per heavy atom. The number of hydrogen-bond donors (Lipinski definition) is 2. The monoisotopic (exact) mass is 313 g/mol. The minimum atomic E-state index is 0.237. The van der Waals surface area contributed by atoms with Crippen LogP contribution in [0, 0.1) is 5.41 Å². The van der Waals surface area contributed by atoms with Crippen LogP contribution in [-0.2, 0) is 0 Å². The molecule has 0 fully saturated rings. The summed E-state index contributed by atoms with van der Waals surface area (Å²) in [6.07, 6.45) is 0. The highest BCUT2D eigenvalue weighted by atomic mass is 15.0. The van der Waals surface area contributed by atoms with E-state index in [1.165, 1.54) is 0 Å². The predicted molar refractivity (Wildman–Crippen MR) is 101 cm³/mol. The first kappa shape index (κ1) is 15.7. The molecular formula is C21H19N3. The number of nitrogens with one attached hydrogen (secondary N) is 2. The summed E-state index contributed by atoms with van der Waals surface area (Å²) in [7, 11) is 1.82. The van der Waals surface area contributed by atoms with E-state index in [-0.39, 0.29) is 5.84 Å². The van der Waals surface area contributed by atoms with Crippen LogP contribution in [0.1, 0.15) is 11.1 Å². The first-order chi connectivity index (χ1) is 11.8. The molecule has 0 aliphatic rings. The molecule has 118 valence electrons. The van der Waals surface area contributed by atoms with Crippen molar-refractivity contribution in [3.05, 3.63) is 96.1 Å². The Hall–Kier alpha value is -3.20. The van der Waals surface area contributed by atoms with Crippen LogP contribution < -0.4 is 5.32 Å². The largest absolute Gasteiger partial charge is 0.373 e. The molecule has 0 aliphatic heterocycles. The summed E-state index contributed by atoms with van der Waals surface area (Å²) >= 11 is 0. The highest BCUT2D eigenvalue weighted by Gasteiger charge is 2.06. The zero-order valence-corrected chi connectivity index (χ0v) is 13.5. The van der Waals surface area contributed by atoms with Gasteiger partial charge in [-0.15, -0.1) is 0 Å². The standard InChI is InChI=1S/C21H19N3/c1-23-21(17-11-6-3-7-12-17)24-20(22)19-14-8-13-18(15-19)16-9-4-2-5-10-16/h2-15H,1H3,(H2,22,23,24). The van der Waals surface area contributed by atoms with Gasteiger partial charge in [-0.2, -0.15) is 0 Å². The number of hydrogen-bond acceptors (Lipinski definition) is 1. The van der Waals surface area contributed by atoms with E-state index < -0.39 is 0 Å². The molecule has 0 heterocycles. The van der Waals surface area contributed by atoms with Crippen molar-refractivity contribution in [3.63, 3.8) is 0 Å². The van der Waals surface area contributed by atoms with Crippen LogP contribution in [0.4, 0.5) is 0 Å². The van der Waals surface area contributed by atoms with Gasteiger partial charge < -0.3 is 5.32 Å². The maximum Gasteiger partial charge on any atom is 0.154 e. The number of nitrogens with zero attached hydrogens (tertiary/aromatic N) is 1. The van der Waals surface area contributed by atoms with Crippen LogP contribution in [0.2, 0.25) is 0 Å². The van der Waals surface area contributed by atoms with Crippen LogP contribution >= 0.6 is 0 Å². The van der Waals surface area contributed by atoms with Gasteiger partial charge in [0.05, 0.1) is 0 Å². The van der Waals surface area contributed by atoms with E-state index in [2.05, 4.69) is 22.4 Å². The van der Waals surface area contributed by atoms with Crippen molar-refractivity contribution in [1.82, 2.24) is 5.32 Å². The zero-order chi connectivity index (χ0) is 16.8. The Kier molecular flexibility index (Phi) is 4.82. The van der Waals surface area contributed by atoms with Gasteiger partial charge in [0.15, 0.2) is 5.84 Å². The van der Waals surface area contributed by atoms with Crippen LogP contribution in [0.15, 0.2) is 89.9 Å². The van der Waals surface area contributed by atoms with Gasteiger partial charge in [0.2, 0.25) is 0 Å². The summed E-state index contributed by atoms with van der Waals surface area (Å²) in [6, 6.07) is 27.9. The van der Waals surface area contributed by atoms with E-state index in [1.807, 2.05) is 79.8 Å². The zero-order valence-electron chi connectivity index (χ0n) is 13.5. The molecule has 0 saturated heterocycles. The van der Waals surface area contributed by atoms with Crippen molar-refractivity contribution in [3.8, 4) is 11.1 Å². The minimum absolute atomic E-state index is 0.237. The van der Waals surface area contributed by atoms with Gasteiger partial charge in [-0.1, -0.05) is 78.9 Å². The van der Waals surface area contributed by atoms with E-state index in [9.17, 15) is 0 Å². The van der Waals surface area contributed by atoms with Gasteiger partial charge in [0.25, 0.3) is 0 Å². The molecule has 3 aromatic rings. The maximum absolute atomic E-state index is 8.34. The van der Waals surface area contributed by atoms with Crippen LogP contribution in [0.3, 0.4) is 0 Å². The van der Waals surface area contributed by atoms with Crippen molar-refractivity contribution >= 4 is 11.7 Å². The normalized spacial score (nSPS) is 11.1. The van der Waals surface area contributed by atoms with Crippen LogP contribution in [0.5, 0.6) is 0 Å². The fourth-order valence-corrected chi connectivity index (χ4v) is 2.51. The topological polar surface area (TPSA) is 48.2 Å². The van der Waals surface area contributed by atoms with Gasteiger partial charge >= 0.3 is 0 Å². The number of aliphatic imine (C=N–C) groups is 1. The van der Waals surface area contributed by atoms with Gasteiger partial charge in [0.1, 0.15) is 5.84 Å². The van der Waals surface area contributed by atoms with Crippen LogP contribution in [-0.4, -0.2) is 18.7 Å². The summed E-state index contributed by atoms with van der Waals surface area (Å²) in [4.78, 5) is 4.46. The lowest BCUT2D eigenvalue weighted by Crippen LogP contribution is -2.21. The fourth-order valence-electron chi connectivity index (χ4n) is 2.51. The summed E-state index contributed by atoms with van der Waals surface area (Å²) in [5, 5.41) is 11.4. The summed E-state index contributed by atoms with van der Waals surface area (Å²) < 4.78 is 0. The molecule has 0 atom stereocenters. The average Bonchev–Trinajstić information content (AvgIpc) is 2.67. The Bertz CT molecular complexity index is 853. The fraction of sp³-hybridized carbons (Fsp3) is 0.0476. The summed E-state index contributed by atoms with van der Waals surface area (Å²) in [6.45, 7) is 0. The van der Waals surface area contributed by atoms with Crippen molar-refractivity contribution < 1.29 is 0 Å². The highest BCUT2D eigenvalue weighted by Crippen LogP contribution is 2.20. The van der Waals surface area contributed by atoms with E-state index in [0.29, 0.717) is 5.84 Å². The summed E-state index contributed by atoms with van der Waals surface area (Å²) in [5.74, 6) is 0.923. The molecule has 0 unspecified atom stereocenters. The maximum atomic E-state index is 8.34. The van der Waals surface area contributed by atoms with Gasteiger partial charge in [-0.25, -0.2) is 4.99 Å². The Morgan fingerprint density at radius 3 is 2.00 bits per heavy atom. The molecule has 0 bridgehead atoms. The van der Waals surface area contributed by atoms with Crippen LogP contribution in [0.25, 0.3) is 11.1 Å². The van der Waals surface area contributed by atoms with Gasteiger partial charge in [0, 0.05) is 18.2 Å². The molecule has 3 nitrogen and oxygen atoms in total.